The maximum absolute atomic E-state index is 2.26. The molecule has 0 atom stereocenters. The van der Waals surface area contributed by atoms with Gasteiger partial charge in [-0.05, 0) is 74.4 Å². The van der Waals surface area contributed by atoms with Gasteiger partial charge in [0.1, 0.15) is 0 Å². The molecule has 0 heteroatoms. The molecule has 0 aliphatic heterocycles. The second-order valence-electron chi connectivity index (χ2n) is 4.35. The van der Waals surface area contributed by atoms with Crippen molar-refractivity contribution in [3.63, 3.8) is 0 Å². The lowest BCUT2D eigenvalue weighted by atomic mass is 9.88. The van der Waals surface area contributed by atoms with Gasteiger partial charge in [0.05, 0.1) is 0 Å². The minimum atomic E-state index is 1.22. The van der Waals surface area contributed by atoms with Crippen LogP contribution in [0.1, 0.15) is 46.7 Å². The summed E-state index contributed by atoms with van der Waals surface area (Å²) < 4.78 is 0. The van der Waals surface area contributed by atoms with Crippen LogP contribution in [-0.4, -0.2) is 0 Å². The second-order valence-corrected chi connectivity index (χ2v) is 4.35. The van der Waals surface area contributed by atoms with E-state index in [0.717, 1.165) is 0 Å². The lowest BCUT2D eigenvalue weighted by Gasteiger charge is -2.18. The average Bonchev–Trinajstić information content (AvgIpc) is 2.19. The minimum absolute atomic E-state index is 1.22. The van der Waals surface area contributed by atoms with Gasteiger partial charge < -0.3 is 0 Å². The third-order valence-electron chi connectivity index (χ3n) is 3.66. The molecule has 1 aromatic carbocycles. The standard InChI is InChI=1S/C14H22/c1-7-8-14-12(5)10(3)9(2)11(4)13(14)6/h7-8H2,1-6H3. The van der Waals surface area contributed by atoms with Crippen LogP contribution in [0, 0.1) is 34.6 Å². The zero-order valence-electron chi connectivity index (χ0n) is 10.4. The van der Waals surface area contributed by atoms with E-state index >= 15 is 0 Å². The van der Waals surface area contributed by atoms with E-state index in [1.807, 2.05) is 0 Å². The molecule has 78 valence electrons. The molecule has 0 saturated heterocycles. The van der Waals surface area contributed by atoms with Gasteiger partial charge in [-0.25, -0.2) is 0 Å². The molecule has 0 spiro atoms. The van der Waals surface area contributed by atoms with Crippen molar-refractivity contribution in [2.75, 3.05) is 0 Å². The predicted octanol–water partition coefficient (Wildman–Crippen LogP) is 4.18. The van der Waals surface area contributed by atoms with Crippen LogP contribution in [0.5, 0.6) is 0 Å². The second kappa shape index (κ2) is 4.16. The van der Waals surface area contributed by atoms with Crippen molar-refractivity contribution in [3.8, 4) is 0 Å². The lowest BCUT2D eigenvalue weighted by molar-refractivity contribution is 0.893. The van der Waals surface area contributed by atoms with Gasteiger partial charge in [-0.2, -0.15) is 0 Å². The van der Waals surface area contributed by atoms with Crippen LogP contribution in [0.15, 0.2) is 0 Å². The monoisotopic (exact) mass is 190 g/mol. The van der Waals surface area contributed by atoms with Gasteiger partial charge in [-0.3, -0.25) is 0 Å². The van der Waals surface area contributed by atoms with Crippen molar-refractivity contribution >= 4 is 0 Å². The van der Waals surface area contributed by atoms with Crippen LogP contribution in [0.2, 0.25) is 0 Å². The maximum atomic E-state index is 2.26. The normalized spacial score (nSPS) is 10.7. The molecule has 0 aliphatic carbocycles. The van der Waals surface area contributed by atoms with Crippen molar-refractivity contribution < 1.29 is 0 Å². The highest BCUT2D eigenvalue weighted by molar-refractivity contribution is 5.49. The molecule has 0 nitrogen and oxygen atoms in total. The summed E-state index contributed by atoms with van der Waals surface area (Å²) in [5, 5.41) is 0. The third kappa shape index (κ3) is 1.70. The molecule has 0 radical (unpaired) electrons. The summed E-state index contributed by atoms with van der Waals surface area (Å²) >= 11 is 0. The third-order valence-corrected chi connectivity index (χ3v) is 3.66. The summed E-state index contributed by atoms with van der Waals surface area (Å²) in [4.78, 5) is 0. The van der Waals surface area contributed by atoms with E-state index in [1.165, 1.54) is 40.7 Å². The molecule has 0 bridgehead atoms. The van der Waals surface area contributed by atoms with Crippen LogP contribution >= 0.6 is 0 Å². The Kier molecular flexibility index (Phi) is 3.36. The van der Waals surface area contributed by atoms with Gasteiger partial charge in [0, 0.05) is 0 Å². The summed E-state index contributed by atoms with van der Waals surface area (Å²) in [6, 6.07) is 0. The summed E-state index contributed by atoms with van der Waals surface area (Å²) in [5.74, 6) is 0. The van der Waals surface area contributed by atoms with Crippen molar-refractivity contribution in [2.24, 2.45) is 0 Å². The Morgan fingerprint density at radius 2 is 1.00 bits per heavy atom. The lowest BCUT2D eigenvalue weighted by Crippen LogP contribution is -2.02. The van der Waals surface area contributed by atoms with Crippen molar-refractivity contribution in [2.45, 2.75) is 54.4 Å². The summed E-state index contributed by atoms with van der Waals surface area (Å²) in [6.45, 7) is 13.5. The van der Waals surface area contributed by atoms with E-state index in [4.69, 9.17) is 0 Å². The van der Waals surface area contributed by atoms with Crippen LogP contribution in [0.3, 0.4) is 0 Å². The van der Waals surface area contributed by atoms with E-state index in [0.29, 0.717) is 0 Å². The van der Waals surface area contributed by atoms with Crippen molar-refractivity contribution in [1.82, 2.24) is 0 Å². The first kappa shape index (κ1) is 11.3. The highest BCUT2D eigenvalue weighted by atomic mass is 14.2. The van der Waals surface area contributed by atoms with E-state index in [-0.39, 0.29) is 0 Å². The van der Waals surface area contributed by atoms with E-state index in [1.54, 1.807) is 5.56 Å². The first-order chi connectivity index (χ1) is 6.50. The molecule has 1 rings (SSSR count). The number of rotatable bonds is 2. The first-order valence-corrected chi connectivity index (χ1v) is 5.56. The van der Waals surface area contributed by atoms with Crippen molar-refractivity contribution in [1.29, 1.82) is 0 Å². The average molecular weight is 190 g/mol. The fraction of sp³-hybridized carbons (Fsp3) is 0.571. The van der Waals surface area contributed by atoms with Crippen LogP contribution in [-0.2, 0) is 6.42 Å². The van der Waals surface area contributed by atoms with Gasteiger partial charge in [0.25, 0.3) is 0 Å². The number of hydrogen-bond donors (Lipinski definition) is 0. The molecule has 0 unspecified atom stereocenters. The van der Waals surface area contributed by atoms with Crippen LogP contribution < -0.4 is 0 Å². The Morgan fingerprint density at radius 1 is 0.643 bits per heavy atom. The molecule has 0 aliphatic rings. The van der Waals surface area contributed by atoms with Gasteiger partial charge in [0.2, 0.25) is 0 Å². The number of hydrogen-bond acceptors (Lipinski definition) is 0. The van der Waals surface area contributed by atoms with Crippen LogP contribution in [0.4, 0.5) is 0 Å². The summed E-state index contributed by atoms with van der Waals surface area (Å²) in [5.41, 5.74) is 9.03. The molecule has 1 aromatic rings. The fourth-order valence-electron chi connectivity index (χ4n) is 2.20. The van der Waals surface area contributed by atoms with E-state index < -0.39 is 0 Å². The van der Waals surface area contributed by atoms with Gasteiger partial charge >= 0.3 is 0 Å². The molecule has 0 fully saturated rings. The summed E-state index contributed by atoms with van der Waals surface area (Å²) in [6.07, 6.45) is 2.46. The minimum Gasteiger partial charge on any atom is -0.0651 e. The van der Waals surface area contributed by atoms with Gasteiger partial charge in [-0.1, -0.05) is 13.3 Å². The Labute approximate surface area is 88.4 Å². The van der Waals surface area contributed by atoms with Gasteiger partial charge in [-0.15, -0.1) is 0 Å². The molecule has 0 aromatic heterocycles. The SMILES string of the molecule is CCCc1c(C)c(C)c(C)c(C)c1C. The van der Waals surface area contributed by atoms with E-state index in [9.17, 15) is 0 Å². The number of benzene rings is 1. The molecule has 0 N–H and O–H groups in total. The quantitative estimate of drug-likeness (QED) is 0.656. The van der Waals surface area contributed by atoms with Gasteiger partial charge in [0.15, 0.2) is 0 Å². The topological polar surface area (TPSA) is 0 Å². The predicted molar refractivity (Wildman–Crippen MR) is 64.1 cm³/mol. The highest BCUT2D eigenvalue weighted by Crippen LogP contribution is 2.26. The maximum Gasteiger partial charge on any atom is -0.0276 e. The zero-order valence-corrected chi connectivity index (χ0v) is 10.4. The molecule has 0 amide bonds. The van der Waals surface area contributed by atoms with E-state index in [2.05, 4.69) is 41.5 Å². The smallest absolute Gasteiger partial charge is 0.0276 e. The molecule has 0 saturated carbocycles. The molecule has 14 heavy (non-hydrogen) atoms. The Morgan fingerprint density at radius 3 is 1.36 bits per heavy atom. The summed E-state index contributed by atoms with van der Waals surface area (Å²) in [7, 11) is 0. The van der Waals surface area contributed by atoms with Crippen LogP contribution in [0.25, 0.3) is 0 Å². The molecular formula is C14H22. The zero-order chi connectivity index (χ0) is 10.9. The van der Waals surface area contributed by atoms with Crippen molar-refractivity contribution in [3.05, 3.63) is 33.4 Å². The Hall–Kier alpha value is -0.780. The molecule has 0 heterocycles. The molecular weight excluding hydrogens is 168 g/mol. The Balaban J connectivity index is 3.43. The highest BCUT2D eigenvalue weighted by Gasteiger charge is 2.10. The Bertz CT molecular complexity index is 317. The first-order valence-electron chi connectivity index (χ1n) is 5.56. The fourth-order valence-corrected chi connectivity index (χ4v) is 2.20. The largest absolute Gasteiger partial charge is 0.0651 e.